The highest BCUT2D eigenvalue weighted by molar-refractivity contribution is 6.31. The molecule has 0 amide bonds. The molecule has 0 saturated carbocycles. The largest absolute Gasteiger partial charge is 0.370 e. The first-order valence-corrected chi connectivity index (χ1v) is 25.0. The quantitative estimate of drug-likeness (QED) is 0.0822. The minimum atomic E-state index is -3.89. The smallest absolute Gasteiger partial charge is 0.330 e. The standard InChI is InChI=1S/2C29H31ClF2O4/c1-3-28(33)20(2)25(34-18-21-12-6-4-7-13-21)26(35-19-22-14-8-5-9-15-22)27(36-28)29(31,32)23-16-10-11-17-24(23)30;1-3-25-20(2)26(34-18-21-12-6-4-7-13-21)27(35-19-22-14-8-5-9-15-22)29(33,36-25)28(31,32)23-16-10-11-17-24(23)30/h2*4-17,20,25-27,33H,3,18-19H2,1-2H3/t20-,25-,26+,27+,28+;20-,25-,26+,27-,29-/m01/s1. The van der Waals surface area contributed by atoms with Crippen molar-refractivity contribution in [3.63, 3.8) is 0 Å². The molecule has 8 nitrogen and oxygen atoms in total. The average Bonchev–Trinajstić information content (AvgIpc) is 3.39. The van der Waals surface area contributed by atoms with E-state index in [4.69, 9.17) is 51.6 Å². The number of alkyl halides is 4. The molecule has 2 heterocycles. The summed E-state index contributed by atoms with van der Waals surface area (Å²) in [6.07, 6.45) is -6.51. The lowest BCUT2D eigenvalue weighted by Gasteiger charge is -2.52. The number of ether oxygens (including phenoxy) is 6. The summed E-state index contributed by atoms with van der Waals surface area (Å²) in [6, 6.07) is 48.7. The van der Waals surface area contributed by atoms with E-state index in [-0.39, 0.29) is 54.4 Å². The Bertz CT molecular complexity index is 2540. The molecular weight excluding hydrogens is 972 g/mol. The second-order valence-electron chi connectivity index (χ2n) is 18.3. The van der Waals surface area contributed by atoms with Crippen molar-refractivity contribution in [2.45, 2.75) is 127 Å². The van der Waals surface area contributed by atoms with Crippen LogP contribution in [-0.2, 0) is 66.7 Å². The summed E-state index contributed by atoms with van der Waals surface area (Å²) in [4.78, 5) is 0. The van der Waals surface area contributed by atoms with Crippen LogP contribution in [0.25, 0.3) is 0 Å². The monoisotopic (exact) mass is 1030 g/mol. The van der Waals surface area contributed by atoms with Gasteiger partial charge in [0, 0.05) is 33.0 Å². The van der Waals surface area contributed by atoms with Gasteiger partial charge >= 0.3 is 11.8 Å². The first-order chi connectivity index (χ1) is 34.5. The van der Waals surface area contributed by atoms with Crippen molar-refractivity contribution in [2.24, 2.45) is 11.8 Å². The highest BCUT2D eigenvalue weighted by Crippen LogP contribution is 2.52. The van der Waals surface area contributed by atoms with Gasteiger partial charge in [-0.3, -0.25) is 0 Å². The average molecular weight is 1030 g/mol. The predicted molar refractivity (Wildman–Crippen MR) is 269 cm³/mol. The maximum absolute atomic E-state index is 16.2. The number of aliphatic hydroxyl groups is 2. The molecule has 0 bridgehead atoms. The summed E-state index contributed by atoms with van der Waals surface area (Å²) in [5.74, 6) is -13.3. The van der Waals surface area contributed by atoms with Crippen LogP contribution in [0.4, 0.5) is 17.6 Å². The van der Waals surface area contributed by atoms with Crippen LogP contribution < -0.4 is 0 Å². The van der Waals surface area contributed by atoms with Gasteiger partial charge in [0.25, 0.3) is 5.79 Å². The fourth-order valence-electron chi connectivity index (χ4n) is 9.34. The Morgan fingerprint density at radius 2 is 0.903 bits per heavy atom. The Morgan fingerprint density at radius 1 is 0.514 bits per heavy atom. The normalized spacial score (nSPS) is 26.6. The summed E-state index contributed by atoms with van der Waals surface area (Å²) < 4.78 is 101. The Morgan fingerprint density at radius 3 is 1.33 bits per heavy atom. The molecule has 2 aliphatic heterocycles. The lowest BCUT2D eigenvalue weighted by atomic mass is 9.81. The second-order valence-corrected chi connectivity index (χ2v) is 19.1. The van der Waals surface area contributed by atoms with Crippen molar-refractivity contribution >= 4 is 23.2 Å². The lowest BCUT2D eigenvalue weighted by molar-refractivity contribution is -0.419. The van der Waals surface area contributed by atoms with Gasteiger partial charge in [0.1, 0.15) is 12.2 Å². The van der Waals surface area contributed by atoms with E-state index in [2.05, 4.69) is 0 Å². The van der Waals surface area contributed by atoms with E-state index in [1.54, 1.807) is 26.0 Å². The third-order valence-electron chi connectivity index (χ3n) is 13.6. The molecule has 0 unspecified atom stereocenters. The van der Waals surface area contributed by atoms with Crippen molar-refractivity contribution in [3.05, 3.63) is 213 Å². The minimum Gasteiger partial charge on any atom is -0.370 e. The maximum atomic E-state index is 16.2. The van der Waals surface area contributed by atoms with Gasteiger partial charge in [0.05, 0.1) is 44.7 Å². The van der Waals surface area contributed by atoms with Crippen LogP contribution in [0.15, 0.2) is 170 Å². The van der Waals surface area contributed by atoms with Gasteiger partial charge in [0.2, 0.25) is 0 Å². The second kappa shape index (κ2) is 24.6. The minimum absolute atomic E-state index is 0.00944. The van der Waals surface area contributed by atoms with Gasteiger partial charge in [-0.1, -0.05) is 209 Å². The van der Waals surface area contributed by atoms with Crippen LogP contribution in [0.3, 0.4) is 0 Å². The fraction of sp³-hybridized carbons (Fsp3) is 0.379. The van der Waals surface area contributed by atoms with Crippen molar-refractivity contribution in [3.8, 4) is 0 Å². The zero-order chi connectivity index (χ0) is 51.5. The molecule has 0 aliphatic carbocycles. The number of halogens is 6. The topological polar surface area (TPSA) is 95.8 Å². The zero-order valence-corrected chi connectivity index (χ0v) is 42.2. The van der Waals surface area contributed by atoms with Gasteiger partial charge in [-0.05, 0) is 47.2 Å². The summed E-state index contributed by atoms with van der Waals surface area (Å²) in [5.41, 5.74) is 2.43. The van der Waals surface area contributed by atoms with Crippen LogP contribution in [0.1, 0.15) is 73.9 Å². The summed E-state index contributed by atoms with van der Waals surface area (Å²) >= 11 is 12.4. The van der Waals surface area contributed by atoms with E-state index in [1.165, 1.54) is 36.4 Å². The van der Waals surface area contributed by atoms with Crippen LogP contribution in [0.2, 0.25) is 10.0 Å². The van der Waals surface area contributed by atoms with Crippen molar-refractivity contribution in [2.75, 3.05) is 0 Å². The Labute approximate surface area is 429 Å². The molecular formula is C58H62Cl2F4O8. The summed E-state index contributed by atoms with van der Waals surface area (Å²) in [6.45, 7) is 7.54. The van der Waals surface area contributed by atoms with Crippen LogP contribution in [0, 0.1) is 11.8 Å². The molecule has 8 rings (SSSR count). The molecule has 2 saturated heterocycles. The molecule has 6 aromatic rings. The lowest BCUT2D eigenvalue weighted by Crippen LogP contribution is -2.69. The zero-order valence-electron chi connectivity index (χ0n) is 40.6. The van der Waals surface area contributed by atoms with E-state index in [1.807, 2.05) is 135 Å². The molecule has 0 aromatic heterocycles. The third kappa shape index (κ3) is 12.4. The number of rotatable bonds is 18. The molecule has 6 aromatic carbocycles. The van der Waals surface area contributed by atoms with E-state index >= 15 is 17.6 Å². The van der Waals surface area contributed by atoms with Gasteiger partial charge in [-0.2, -0.15) is 17.6 Å². The van der Waals surface area contributed by atoms with Crippen LogP contribution >= 0.6 is 23.2 Å². The summed E-state index contributed by atoms with van der Waals surface area (Å²) in [5, 5.41) is 22.8. The van der Waals surface area contributed by atoms with E-state index in [0.717, 1.165) is 22.3 Å². The molecule has 2 N–H and O–H groups in total. The van der Waals surface area contributed by atoms with Gasteiger partial charge in [-0.15, -0.1) is 0 Å². The fourth-order valence-corrected chi connectivity index (χ4v) is 9.85. The maximum Gasteiger partial charge on any atom is 0.330 e. The predicted octanol–water partition coefficient (Wildman–Crippen LogP) is 13.5. The molecule has 0 radical (unpaired) electrons. The number of benzene rings is 6. The first kappa shape index (κ1) is 55.1. The van der Waals surface area contributed by atoms with E-state index in [9.17, 15) is 10.2 Å². The summed E-state index contributed by atoms with van der Waals surface area (Å²) in [7, 11) is 0. The molecule has 14 heteroatoms. The molecule has 72 heavy (non-hydrogen) atoms. The van der Waals surface area contributed by atoms with Crippen molar-refractivity contribution < 1.29 is 56.2 Å². The number of hydrogen-bond donors (Lipinski definition) is 2. The van der Waals surface area contributed by atoms with Crippen molar-refractivity contribution in [1.82, 2.24) is 0 Å². The molecule has 2 aliphatic rings. The Balaban J connectivity index is 0.000000211. The van der Waals surface area contributed by atoms with E-state index in [0.29, 0.717) is 6.42 Å². The van der Waals surface area contributed by atoms with Gasteiger partial charge in [0.15, 0.2) is 11.9 Å². The molecule has 10 atom stereocenters. The molecule has 0 spiro atoms. The van der Waals surface area contributed by atoms with Gasteiger partial charge < -0.3 is 38.6 Å². The SMILES string of the molecule is CC[C@@]1(O)O[C@@H](C(F)(F)c2ccccc2Cl)[C@H](OCc2ccccc2)[C@@H](OCc2ccccc2)[C@@H]1C.CC[C@H]1O[C@@](O)(C(F)(F)c2ccccc2Cl)[C@H](OCc2ccccc2)[C@@H](OCc2ccccc2)[C@@H]1C. The Hall–Kier alpha value is -4.70. The number of hydrogen-bond acceptors (Lipinski definition) is 8. The molecule has 384 valence electrons. The third-order valence-corrected chi connectivity index (χ3v) is 14.2. The van der Waals surface area contributed by atoms with Gasteiger partial charge in [-0.25, -0.2) is 0 Å². The van der Waals surface area contributed by atoms with E-state index < -0.39 is 71.5 Å². The highest BCUT2D eigenvalue weighted by Gasteiger charge is 2.68. The molecule has 2 fully saturated rings. The van der Waals surface area contributed by atoms with Crippen molar-refractivity contribution in [1.29, 1.82) is 0 Å². The first-order valence-electron chi connectivity index (χ1n) is 24.2. The highest BCUT2D eigenvalue weighted by atomic mass is 35.5. The van der Waals surface area contributed by atoms with Crippen LogP contribution in [-0.4, -0.2) is 58.4 Å². The Kier molecular flexibility index (Phi) is 18.8. The van der Waals surface area contributed by atoms with Crippen LogP contribution in [0.5, 0.6) is 0 Å².